The fourth-order valence-corrected chi connectivity index (χ4v) is 1.89. The van der Waals surface area contributed by atoms with Crippen LogP contribution < -0.4 is 10.6 Å². The number of benzene rings is 2. The van der Waals surface area contributed by atoms with Crippen molar-refractivity contribution in [2.45, 2.75) is 6.92 Å². The molecule has 2 rings (SSSR count). The second-order valence-electron chi connectivity index (χ2n) is 4.74. The van der Waals surface area contributed by atoms with Gasteiger partial charge in [-0.1, -0.05) is 23.8 Å². The summed E-state index contributed by atoms with van der Waals surface area (Å²) in [6.07, 6.45) is 0. The van der Waals surface area contributed by atoms with E-state index in [2.05, 4.69) is 16.7 Å². The first-order valence-electron chi connectivity index (χ1n) is 6.78. The van der Waals surface area contributed by atoms with Crippen LogP contribution in [0.2, 0.25) is 0 Å². The van der Waals surface area contributed by atoms with E-state index in [1.54, 1.807) is 12.1 Å². The summed E-state index contributed by atoms with van der Waals surface area (Å²) < 4.78 is 0. The minimum Gasteiger partial charge on any atom is -0.383 e. The van der Waals surface area contributed by atoms with Crippen LogP contribution in [0.15, 0.2) is 48.5 Å². The van der Waals surface area contributed by atoms with Gasteiger partial charge in [0.15, 0.2) is 0 Å². The lowest BCUT2D eigenvalue weighted by atomic mass is 10.1. The summed E-state index contributed by atoms with van der Waals surface area (Å²) in [6, 6.07) is 16.8. The molecule has 0 heterocycles. The van der Waals surface area contributed by atoms with Crippen molar-refractivity contribution in [3.63, 3.8) is 0 Å². The second-order valence-corrected chi connectivity index (χ2v) is 4.74. The van der Waals surface area contributed by atoms with Gasteiger partial charge >= 0.3 is 0 Å². The largest absolute Gasteiger partial charge is 0.383 e. The van der Waals surface area contributed by atoms with Crippen LogP contribution in [0.25, 0.3) is 0 Å². The van der Waals surface area contributed by atoms with Gasteiger partial charge in [-0.3, -0.25) is 4.79 Å². The summed E-state index contributed by atoms with van der Waals surface area (Å²) in [7, 11) is 0. The number of nitriles is 1. The number of rotatable bonds is 5. The van der Waals surface area contributed by atoms with Crippen molar-refractivity contribution in [3.8, 4) is 6.07 Å². The lowest BCUT2D eigenvalue weighted by Gasteiger charge is -2.08. The van der Waals surface area contributed by atoms with Gasteiger partial charge in [0.05, 0.1) is 11.6 Å². The van der Waals surface area contributed by atoms with Gasteiger partial charge in [-0.15, -0.1) is 0 Å². The molecule has 0 bridgehead atoms. The minimum absolute atomic E-state index is 0.0809. The molecule has 2 aromatic carbocycles. The molecular weight excluding hydrogens is 262 g/mol. The highest BCUT2D eigenvalue weighted by atomic mass is 16.1. The van der Waals surface area contributed by atoms with Crippen LogP contribution in [0.3, 0.4) is 0 Å². The summed E-state index contributed by atoms with van der Waals surface area (Å²) in [5.41, 5.74) is 3.28. The van der Waals surface area contributed by atoms with E-state index < -0.39 is 0 Å². The predicted octanol–water partition coefficient (Wildman–Crippen LogP) is 2.71. The SMILES string of the molecule is Cc1ccc(C(=O)NCCNc2cccc(C#N)c2)cc1. The summed E-state index contributed by atoms with van der Waals surface area (Å²) in [5, 5.41) is 14.8. The highest BCUT2D eigenvalue weighted by molar-refractivity contribution is 5.94. The van der Waals surface area contributed by atoms with Crippen molar-refractivity contribution in [1.29, 1.82) is 5.26 Å². The third-order valence-electron chi connectivity index (χ3n) is 3.05. The number of amides is 1. The number of carbonyl (C=O) groups is 1. The van der Waals surface area contributed by atoms with Crippen LogP contribution in [0, 0.1) is 18.3 Å². The van der Waals surface area contributed by atoms with Crippen molar-refractivity contribution >= 4 is 11.6 Å². The molecule has 21 heavy (non-hydrogen) atoms. The Morgan fingerprint density at radius 1 is 1.14 bits per heavy atom. The number of hydrogen-bond acceptors (Lipinski definition) is 3. The molecule has 0 aliphatic heterocycles. The Kier molecular flexibility index (Phi) is 4.94. The maximum atomic E-state index is 11.9. The molecule has 0 aliphatic rings. The first-order valence-corrected chi connectivity index (χ1v) is 6.78. The number of carbonyl (C=O) groups excluding carboxylic acids is 1. The molecule has 4 nitrogen and oxygen atoms in total. The van der Waals surface area contributed by atoms with Crippen LogP contribution in [0.5, 0.6) is 0 Å². The second kappa shape index (κ2) is 7.11. The fraction of sp³-hybridized carbons (Fsp3) is 0.176. The molecule has 4 heteroatoms. The highest BCUT2D eigenvalue weighted by Gasteiger charge is 2.03. The van der Waals surface area contributed by atoms with Crippen LogP contribution in [-0.4, -0.2) is 19.0 Å². The number of anilines is 1. The lowest BCUT2D eigenvalue weighted by Crippen LogP contribution is -2.28. The van der Waals surface area contributed by atoms with E-state index in [4.69, 9.17) is 5.26 Å². The quantitative estimate of drug-likeness (QED) is 0.827. The molecule has 0 radical (unpaired) electrons. The van der Waals surface area contributed by atoms with Gasteiger partial charge in [0, 0.05) is 24.3 Å². The Labute approximate surface area is 124 Å². The third kappa shape index (κ3) is 4.36. The molecule has 0 aromatic heterocycles. The van der Waals surface area contributed by atoms with E-state index in [9.17, 15) is 4.79 Å². The summed E-state index contributed by atoms with van der Waals surface area (Å²) >= 11 is 0. The van der Waals surface area contributed by atoms with Gasteiger partial charge in [-0.25, -0.2) is 0 Å². The maximum Gasteiger partial charge on any atom is 0.251 e. The summed E-state index contributed by atoms with van der Waals surface area (Å²) in [5.74, 6) is -0.0809. The average Bonchev–Trinajstić information content (AvgIpc) is 2.52. The smallest absolute Gasteiger partial charge is 0.251 e. The van der Waals surface area contributed by atoms with E-state index in [1.165, 1.54) is 0 Å². The van der Waals surface area contributed by atoms with Gasteiger partial charge in [0.2, 0.25) is 0 Å². The fourth-order valence-electron chi connectivity index (χ4n) is 1.89. The molecule has 0 saturated carbocycles. The number of hydrogen-bond donors (Lipinski definition) is 2. The van der Waals surface area contributed by atoms with Crippen molar-refractivity contribution in [2.24, 2.45) is 0 Å². The molecule has 106 valence electrons. The molecule has 2 N–H and O–H groups in total. The zero-order chi connectivity index (χ0) is 15.1. The predicted molar refractivity (Wildman–Crippen MR) is 83.2 cm³/mol. The standard InChI is InChI=1S/C17H17N3O/c1-13-5-7-15(8-6-13)17(21)20-10-9-19-16-4-2-3-14(11-16)12-18/h2-8,11,19H,9-10H2,1H3,(H,20,21). The third-order valence-corrected chi connectivity index (χ3v) is 3.05. The molecule has 0 aliphatic carbocycles. The van der Waals surface area contributed by atoms with Gasteiger partial charge in [-0.2, -0.15) is 5.26 Å². The monoisotopic (exact) mass is 279 g/mol. The molecule has 0 unspecified atom stereocenters. The zero-order valence-corrected chi connectivity index (χ0v) is 11.9. The summed E-state index contributed by atoms with van der Waals surface area (Å²) in [4.78, 5) is 11.9. The van der Waals surface area contributed by atoms with Crippen LogP contribution >= 0.6 is 0 Å². The van der Waals surface area contributed by atoms with Gasteiger partial charge < -0.3 is 10.6 Å². The average molecular weight is 279 g/mol. The molecule has 2 aromatic rings. The van der Waals surface area contributed by atoms with E-state index in [0.29, 0.717) is 24.2 Å². The number of aryl methyl sites for hydroxylation is 1. The first-order chi connectivity index (χ1) is 10.2. The maximum absolute atomic E-state index is 11.9. The van der Waals surface area contributed by atoms with Gasteiger partial charge in [0.25, 0.3) is 5.91 Å². The van der Waals surface area contributed by atoms with E-state index in [-0.39, 0.29) is 5.91 Å². The minimum atomic E-state index is -0.0809. The van der Waals surface area contributed by atoms with Crippen LogP contribution in [0.1, 0.15) is 21.5 Å². The van der Waals surface area contributed by atoms with Crippen molar-refractivity contribution in [1.82, 2.24) is 5.32 Å². The first kappa shape index (κ1) is 14.6. The van der Waals surface area contributed by atoms with Gasteiger partial charge in [0.1, 0.15) is 0 Å². The van der Waals surface area contributed by atoms with E-state index >= 15 is 0 Å². The Morgan fingerprint density at radius 2 is 1.90 bits per heavy atom. The number of nitrogens with zero attached hydrogens (tertiary/aromatic N) is 1. The topological polar surface area (TPSA) is 64.9 Å². The van der Waals surface area contributed by atoms with Crippen molar-refractivity contribution < 1.29 is 4.79 Å². The zero-order valence-electron chi connectivity index (χ0n) is 11.9. The number of nitrogens with one attached hydrogen (secondary N) is 2. The Bertz CT molecular complexity index is 656. The molecule has 0 saturated heterocycles. The molecule has 0 fully saturated rings. The lowest BCUT2D eigenvalue weighted by molar-refractivity contribution is 0.0955. The Morgan fingerprint density at radius 3 is 2.62 bits per heavy atom. The van der Waals surface area contributed by atoms with E-state index in [1.807, 2.05) is 43.3 Å². The van der Waals surface area contributed by atoms with Crippen LogP contribution in [0.4, 0.5) is 5.69 Å². The Hall–Kier alpha value is -2.80. The molecule has 0 atom stereocenters. The summed E-state index contributed by atoms with van der Waals surface area (Å²) in [6.45, 7) is 3.11. The Balaban J connectivity index is 1.78. The highest BCUT2D eigenvalue weighted by Crippen LogP contribution is 2.08. The van der Waals surface area contributed by atoms with Crippen molar-refractivity contribution in [3.05, 3.63) is 65.2 Å². The van der Waals surface area contributed by atoms with Gasteiger partial charge in [-0.05, 0) is 37.3 Å². The van der Waals surface area contributed by atoms with E-state index in [0.717, 1.165) is 11.3 Å². The van der Waals surface area contributed by atoms with Crippen molar-refractivity contribution in [2.75, 3.05) is 18.4 Å². The normalized spacial score (nSPS) is 9.71. The molecule has 1 amide bonds. The molecular formula is C17H17N3O. The molecule has 0 spiro atoms. The van der Waals surface area contributed by atoms with Crippen LogP contribution in [-0.2, 0) is 0 Å².